The van der Waals surface area contributed by atoms with E-state index in [4.69, 9.17) is 5.73 Å². The van der Waals surface area contributed by atoms with E-state index in [-0.39, 0.29) is 5.41 Å². The first-order valence-corrected chi connectivity index (χ1v) is 6.02. The Hall–Kier alpha value is -1.36. The Bertz CT molecular complexity index is 504. The Morgan fingerprint density at radius 1 is 1.38 bits per heavy atom. The lowest BCUT2D eigenvalue weighted by atomic mass is 9.96. The summed E-state index contributed by atoms with van der Waals surface area (Å²) in [7, 11) is 1.90. The Morgan fingerprint density at radius 3 is 2.50 bits per heavy atom. The van der Waals surface area contributed by atoms with Crippen LogP contribution in [-0.4, -0.2) is 14.8 Å². The van der Waals surface area contributed by atoms with Crippen LogP contribution in [0.3, 0.4) is 0 Å². The van der Waals surface area contributed by atoms with Crippen molar-refractivity contribution in [3.8, 4) is 10.7 Å². The van der Waals surface area contributed by atoms with Crippen molar-refractivity contribution in [2.45, 2.75) is 26.2 Å². The molecule has 0 aromatic carbocycles. The van der Waals surface area contributed by atoms with Crippen molar-refractivity contribution in [2.75, 3.05) is 5.73 Å². The van der Waals surface area contributed by atoms with Gasteiger partial charge in [-0.05, 0) is 11.4 Å². The van der Waals surface area contributed by atoms with Crippen LogP contribution in [0.15, 0.2) is 11.4 Å². The highest BCUT2D eigenvalue weighted by Gasteiger charge is 2.22. The van der Waals surface area contributed by atoms with Gasteiger partial charge in [-0.3, -0.25) is 0 Å². The van der Waals surface area contributed by atoms with Crippen molar-refractivity contribution in [3.63, 3.8) is 0 Å². The monoisotopic (exact) mass is 236 g/mol. The fourth-order valence-corrected chi connectivity index (χ4v) is 2.24. The number of anilines is 1. The van der Waals surface area contributed by atoms with Gasteiger partial charge in [-0.25, -0.2) is 9.67 Å². The second kappa shape index (κ2) is 3.59. The van der Waals surface area contributed by atoms with Gasteiger partial charge in [0.05, 0.1) is 10.6 Å². The molecule has 0 atom stereocenters. The van der Waals surface area contributed by atoms with Crippen molar-refractivity contribution >= 4 is 17.0 Å². The van der Waals surface area contributed by atoms with E-state index in [9.17, 15) is 0 Å². The van der Waals surface area contributed by atoms with Gasteiger partial charge >= 0.3 is 0 Å². The molecule has 4 nitrogen and oxygen atoms in total. The summed E-state index contributed by atoms with van der Waals surface area (Å²) in [6.45, 7) is 6.30. The highest BCUT2D eigenvalue weighted by molar-refractivity contribution is 7.14. The van der Waals surface area contributed by atoms with Gasteiger partial charge in [-0.15, -0.1) is 11.3 Å². The summed E-state index contributed by atoms with van der Waals surface area (Å²) in [5, 5.41) is 6.40. The fraction of sp³-hybridized carbons (Fsp3) is 0.455. The Balaban J connectivity index is 2.52. The van der Waals surface area contributed by atoms with Gasteiger partial charge in [0.2, 0.25) is 0 Å². The summed E-state index contributed by atoms with van der Waals surface area (Å²) in [6.07, 6.45) is 0. The number of nitrogens with zero attached hydrogens (tertiary/aromatic N) is 3. The quantitative estimate of drug-likeness (QED) is 0.827. The van der Waals surface area contributed by atoms with Gasteiger partial charge in [0.1, 0.15) is 0 Å². The molecule has 0 amide bonds. The summed E-state index contributed by atoms with van der Waals surface area (Å²) >= 11 is 1.59. The maximum Gasteiger partial charge on any atom is 0.170 e. The third-order valence-corrected chi connectivity index (χ3v) is 3.26. The molecule has 0 aliphatic carbocycles. The van der Waals surface area contributed by atoms with Gasteiger partial charge < -0.3 is 5.73 Å². The van der Waals surface area contributed by atoms with E-state index in [1.165, 1.54) is 0 Å². The first-order valence-electron chi connectivity index (χ1n) is 5.14. The SMILES string of the molecule is Cn1nc(C(C)(C)C)nc1-c1sccc1N. The summed E-state index contributed by atoms with van der Waals surface area (Å²) < 4.78 is 1.79. The average Bonchev–Trinajstić information content (AvgIpc) is 2.70. The van der Waals surface area contributed by atoms with Crippen LogP contribution in [0.2, 0.25) is 0 Å². The minimum absolute atomic E-state index is 0.0397. The summed E-state index contributed by atoms with van der Waals surface area (Å²) in [4.78, 5) is 5.56. The molecular formula is C11H16N4S. The van der Waals surface area contributed by atoms with E-state index in [2.05, 4.69) is 30.9 Å². The zero-order valence-corrected chi connectivity index (χ0v) is 10.8. The number of hydrogen-bond acceptors (Lipinski definition) is 4. The molecule has 5 heteroatoms. The Morgan fingerprint density at radius 2 is 2.06 bits per heavy atom. The molecule has 2 aromatic rings. The van der Waals surface area contributed by atoms with Crippen LogP contribution in [-0.2, 0) is 12.5 Å². The third kappa shape index (κ3) is 1.82. The van der Waals surface area contributed by atoms with Gasteiger partial charge in [-0.2, -0.15) is 5.10 Å². The number of nitrogen functional groups attached to an aromatic ring is 1. The largest absolute Gasteiger partial charge is 0.397 e. The molecule has 0 radical (unpaired) electrons. The number of aromatic nitrogens is 3. The molecule has 0 aliphatic heterocycles. The van der Waals surface area contributed by atoms with Crippen LogP contribution in [0.4, 0.5) is 5.69 Å². The molecule has 2 aromatic heterocycles. The second-order valence-corrected chi connectivity index (χ2v) is 5.75. The van der Waals surface area contributed by atoms with Crippen LogP contribution in [0.25, 0.3) is 10.7 Å². The predicted molar refractivity (Wildman–Crippen MR) is 67.4 cm³/mol. The molecule has 2 N–H and O–H groups in total. The van der Waals surface area contributed by atoms with E-state index in [1.807, 2.05) is 18.5 Å². The van der Waals surface area contributed by atoms with Gasteiger partial charge in [0.25, 0.3) is 0 Å². The molecule has 0 saturated carbocycles. The molecule has 0 saturated heterocycles. The first-order chi connectivity index (χ1) is 7.39. The zero-order chi connectivity index (χ0) is 11.9. The fourth-order valence-electron chi connectivity index (χ4n) is 1.40. The van der Waals surface area contributed by atoms with E-state index in [1.54, 1.807) is 16.0 Å². The Kier molecular flexibility index (Phi) is 2.50. The summed E-state index contributed by atoms with van der Waals surface area (Å²) in [6, 6.07) is 1.89. The predicted octanol–water partition coefficient (Wildman–Crippen LogP) is 2.42. The topological polar surface area (TPSA) is 56.7 Å². The molecule has 0 aliphatic rings. The lowest BCUT2D eigenvalue weighted by molar-refractivity contribution is 0.538. The van der Waals surface area contributed by atoms with Crippen LogP contribution in [0.1, 0.15) is 26.6 Å². The highest BCUT2D eigenvalue weighted by atomic mass is 32.1. The standard InChI is InChI=1S/C11H16N4S/c1-11(2,3)10-13-9(15(4)14-10)8-7(12)5-6-16-8/h5-6H,12H2,1-4H3. The van der Waals surface area contributed by atoms with E-state index >= 15 is 0 Å². The minimum Gasteiger partial charge on any atom is -0.397 e. The summed E-state index contributed by atoms with van der Waals surface area (Å²) in [5.41, 5.74) is 6.61. The van der Waals surface area contributed by atoms with E-state index in [0.717, 1.165) is 22.2 Å². The minimum atomic E-state index is -0.0397. The molecule has 0 unspecified atom stereocenters. The highest BCUT2D eigenvalue weighted by Crippen LogP contribution is 2.31. The average molecular weight is 236 g/mol. The van der Waals surface area contributed by atoms with Crippen molar-refractivity contribution in [3.05, 3.63) is 17.3 Å². The van der Waals surface area contributed by atoms with Crippen molar-refractivity contribution in [1.29, 1.82) is 0 Å². The molecule has 0 fully saturated rings. The lowest BCUT2D eigenvalue weighted by Gasteiger charge is -2.11. The molecular weight excluding hydrogens is 220 g/mol. The molecule has 0 spiro atoms. The number of rotatable bonds is 1. The first kappa shape index (κ1) is 11.1. The van der Waals surface area contributed by atoms with Gasteiger partial charge in [-0.1, -0.05) is 20.8 Å². The van der Waals surface area contributed by atoms with Crippen molar-refractivity contribution < 1.29 is 0 Å². The van der Waals surface area contributed by atoms with E-state index in [0.29, 0.717) is 0 Å². The smallest absolute Gasteiger partial charge is 0.170 e. The number of thiophene rings is 1. The number of nitrogens with two attached hydrogens (primary N) is 1. The second-order valence-electron chi connectivity index (χ2n) is 4.84. The molecule has 2 rings (SSSR count). The van der Waals surface area contributed by atoms with Crippen LogP contribution >= 0.6 is 11.3 Å². The van der Waals surface area contributed by atoms with Gasteiger partial charge in [0, 0.05) is 12.5 Å². The molecule has 0 bridgehead atoms. The lowest BCUT2D eigenvalue weighted by Crippen LogP contribution is -2.13. The zero-order valence-electron chi connectivity index (χ0n) is 9.98. The Labute approximate surface area is 99.1 Å². The summed E-state index contributed by atoms with van der Waals surface area (Å²) in [5.74, 6) is 1.69. The van der Waals surface area contributed by atoms with E-state index < -0.39 is 0 Å². The number of hydrogen-bond donors (Lipinski definition) is 1. The maximum atomic E-state index is 5.89. The van der Waals surface area contributed by atoms with Crippen molar-refractivity contribution in [1.82, 2.24) is 14.8 Å². The van der Waals surface area contributed by atoms with Gasteiger partial charge in [0.15, 0.2) is 11.6 Å². The number of aryl methyl sites for hydroxylation is 1. The van der Waals surface area contributed by atoms with Crippen LogP contribution in [0, 0.1) is 0 Å². The third-order valence-electron chi connectivity index (χ3n) is 2.33. The van der Waals surface area contributed by atoms with Crippen molar-refractivity contribution in [2.24, 2.45) is 7.05 Å². The molecule has 86 valence electrons. The molecule has 2 heterocycles. The molecule has 16 heavy (non-hydrogen) atoms. The van der Waals surface area contributed by atoms with Crippen LogP contribution in [0.5, 0.6) is 0 Å². The van der Waals surface area contributed by atoms with Crippen LogP contribution < -0.4 is 5.73 Å². The maximum absolute atomic E-state index is 5.89. The normalized spacial score (nSPS) is 12.0.